The fraction of sp³-hybridized carbons (Fsp3) is 0.471. The molecule has 1 atom stereocenters. The van der Waals surface area contributed by atoms with E-state index in [1.54, 1.807) is 0 Å². The zero-order valence-corrected chi connectivity index (χ0v) is 13.0. The molecule has 124 valence electrons. The molecular formula is C17H23N3O3. The summed E-state index contributed by atoms with van der Waals surface area (Å²) < 4.78 is 5.39. The highest BCUT2D eigenvalue weighted by Crippen LogP contribution is 2.28. The maximum absolute atomic E-state index is 11.7. The molecule has 1 unspecified atom stereocenters. The monoisotopic (exact) mass is 317 g/mol. The van der Waals surface area contributed by atoms with Crippen molar-refractivity contribution in [3.05, 3.63) is 36.0 Å². The summed E-state index contributed by atoms with van der Waals surface area (Å²) in [5, 5.41) is 16.3. The molecule has 0 bridgehead atoms. The fourth-order valence-electron chi connectivity index (χ4n) is 2.39. The van der Waals surface area contributed by atoms with Gasteiger partial charge in [0.1, 0.15) is 0 Å². The zero-order chi connectivity index (χ0) is 16.1. The summed E-state index contributed by atoms with van der Waals surface area (Å²) >= 11 is 0. The number of rotatable bonds is 8. The Bertz CT molecular complexity index is 618. The van der Waals surface area contributed by atoms with Crippen molar-refractivity contribution in [3.63, 3.8) is 0 Å². The maximum Gasteiger partial charge on any atom is 0.315 e. The van der Waals surface area contributed by atoms with Gasteiger partial charge in [0.25, 0.3) is 0 Å². The van der Waals surface area contributed by atoms with Gasteiger partial charge in [-0.3, -0.25) is 0 Å². The van der Waals surface area contributed by atoms with Gasteiger partial charge in [0, 0.05) is 24.4 Å². The molecule has 1 aromatic heterocycles. The van der Waals surface area contributed by atoms with Gasteiger partial charge in [0.15, 0.2) is 0 Å². The molecular weight excluding hydrogens is 294 g/mol. The number of ether oxygens (including phenoxy) is 1. The first kappa shape index (κ1) is 15.8. The van der Waals surface area contributed by atoms with Crippen molar-refractivity contribution in [2.24, 2.45) is 5.92 Å². The number of aliphatic hydroxyl groups is 1. The predicted octanol–water partition coefficient (Wildman–Crippen LogP) is 1.75. The fourth-order valence-corrected chi connectivity index (χ4v) is 2.39. The number of nitrogens with one attached hydrogen (secondary N) is 3. The molecule has 2 amide bonds. The number of hydrogen-bond donors (Lipinski definition) is 4. The molecule has 3 rings (SSSR count). The van der Waals surface area contributed by atoms with Crippen molar-refractivity contribution < 1.29 is 14.6 Å². The molecule has 1 aliphatic rings. The van der Waals surface area contributed by atoms with Crippen molar-refractivity contribution in [1.82, 2.24) is 15.6 Å². The SMILES string of the molecule is O=C(NCc1cc2ccccc2[nH]1)NCC(O)COCC1CC1. The van der Waals surface area contributed by atoms with Crippen LogP contribution in [0.3, 0.4) is 0 Å². The Kier molecular flexibility index (Phi) is 5.15. The van der Waals surface area contributed by atoms with E-state index in [2.05, 4.69) is 15.6 Å². The third-order valence-corrected chi connectivity index (χ3v) is 3.88. The van der Waals surface area contributed by atoms with Gasteiger partial charge < -0.3 is 25.5 Å². The van der Waals surface area contributed by atoms with Gasteiger partial charge in [0.05, 0.1) is 19.3 Å². The van der Waals surface area contributed by atoms with Gasteiger partial charge in [-0.15, -0.1) is 0 Å². The van der Waals surface area contributed by atoms with Crippen molar-refractivity contribution in [2.45, 2.75) is 25.5 Å². The van der Waals surface area contributed by atoms with Crippen LogP contribution in [0.1, 0.15) is 18.5 Å². The first-order valence-corrected chi connectivity index (χ1v) is 8.05. The Morgan fingerprint density at radius 1 is 1.35 bits per heavy atom. The Labute approximate surface area is 135 Å². The lowest BCUT2D eigenvalue weighted by Gasteiger charge is -2.12. The van der Waals surface area contributed by atoms with Crippen LogP contribution in [0.2, 0.25) is 0 Å². The Balaban J connectivity index is 1.33. The Morgan fingerprint density at radius 2 is 2.17 bits per heavy atom. The second kappa shape index (κ2) is 7.48. The minimum atomic E-state index is -0.674. The first-order valence-electron chi connectivity index (χ1n) is 8.05. The number of carbonyl (C=O) groups excluding carboxylic acids is 1. The van der Waals surface area contributed by atoms with Crippen molar-refractivity contribution >= 4 is 16.9 Å². The van der Waals surface area contributed by atoms with Gasteiger partial charge in [-0.05, 0) is 36.3 Å². The van der Waals surface area contributed by atoms with E-state index in [-0.39, 0.29) is 19.2 Å². The van der Waals surface area contributed by atoms with Crippen LogP contribution in [0.5, 0.6) is 0 Å². The summed E-state index contributed by atoms with van der Waals surface area (Å²) in [6, 6.07) is 9.67. The molecule has 0 spiro atoms. The summed E-state index contributed by atoms with van der Waals surface area (Å²) in [6.07, 6.45) is 1.78. The molecule has 1 fully saturated rings. The highest BCUT2D eigenvalue weighted by Gasteiger charge is 2.21. The molecule has 1 saturated carbocycles. The number of benzene rings is 1. The van der Waals surface area contributed by atoms with Crippen LogP contribution in [-0.2, 0) is 11.3 Å². The zero-order valence-electron chi connectivity index (χ0n) is 13.0. The standard InChI is InChI=1S/C17H23N3O3/c21-15(11-23-10-12-5-6-12)9-19-17(22)18-8-14-7-13-3-1-2-4-16(13)20-14/h1-4,7,12,15,20-21H,5-6,8-11H2,(H2,18,19,22). The summed E-state index contributed by atoms with van der Waals surface area (Å²) in [5.74, 6) is 0.676. The molecule has 2 aromatic rings. The lowest BCUT2D eigenvalue weighted by molar-refractivity contribution is 0.0337. The largest absolute Gasteiger partial charge is 0.389 e. The number of fused-ring (bicyclic) bond motifs is 1. The van der Waals surface area contributed by atoms with Gasteiger partial charge in [-0.2, -0.15) is 0 Å². The second-order valence-corrected chi connectivity index (χ2v) is 6.08. The number of amides is 2. The molecule has 0 aliphatic heterocycles. The molecule has 1 aliphatic carbocycles. The Morgan fingerprint density at radius 3 is 2.96 bits per heavy atom. The van der Waals surface area contributed by atoms with Crippen LogP contribution in [0.15, 0.2) is 30.3 Å². The number of aromatic nitrogens is 1. The molecule has 1 heterocycles. The van der Waals surface area contributed by atoms with E-state index in [1.807, 2.05) is 30.3 Å². The van der Waals surface area contributed by atoms with E-state index in [4.69, 9.17) is 4.74 Å². The highest BCUT2D eigenvalue weighted by molar-refractivity contribution is 5.80. The number of hydrogen-bond acceptors (Lipinski definition) is 3. The number of para-hydroxylation sites is 1. The normalized spacial score (nSPS) is 15.5. The van der Waals surface area contributed by atoms with Crippen molar-refractivity contribution in [1.29, 1.82) is 0 Å². The Hall–Kier alpha value is -2.05. The second-order valence-electron chi connectivity index (χ2n) is 6.08. The van der Waals surface area contributed by atoms with Gasteiger partial charge in [0.2, 0.25) is 0 Å². The number of urea groups is 1. The number of carbonyl (C=O) groups is 1. The molecule has 6 heteroatoms. The van der Waals surface area contributed by atoms with E-state index in [9.17, 15) is 9.90 Å². The minimum Gasteiger partial charge on any atom is -0.389 e. The minimum absolute atomic E-state index is 0.184. The van der Waals surface area contributed by atoms with Crippen LogP contribution in [0.4, 0.5) is 4.79 Å². The molecule has 0 saturated heterocycles. The lowest BCUT2D eigenvalue weighted by Crippen LogP contribution is -2.40. The van der Waals surface area contributed by atoms with Crippen LogP contribution in [-0.4, -0.2) is 42.0 Å². The average molecular weight is 317 g/mol. The van der Waals surface area contributed by atoms with Crippen LogP contribution >= 0.6 is 0 Å². The number of H-pyrrole nitrogens is 1. The summed E-state index contributed by atoms with van der Waals surface area (Å²) in [5.41, 5.74) is 1.99. The smallest absolute Gasteiger partial charge is 0.315 e. The molecule has 23 heavy (non-hydrogen) atoms. The van der Waals surface area contributed by atoms with E-state index in [1.165, 1.54) is 12.8 Å². The van der Waals surface area contributed by atoms with Crippen LogP contribution in [0.25, 0.3) is 10.9 Å². The average Bonchev–Trinajstić information content (AvgIpc) is 3.27. The maximum atomic E-state index is 11.7. The highest BCUT2D eigenvalue weighted by atomic mass is 16.5. The van der Waals surface area contributed by atoms with Gasteiger partial charge in [-0.25, -0.2) is 4.79 Å². The van der Waals surface area contributed by atoms with Crippen LogP contribution in [0, 0.1) is 5.92 Å². The predicted molar refractivity (Wildman–Crippen MR) is 88.1 cm³/mol. The quantitative estimate of drug-likeness (QED) is 0.598. The summed E-state index contributed by atoms with van der Waals surface area (Å²) in [4.78, 5) is 15.0. The van der Waals surface area contributed by atoms with Crippen molar-refractivity contribution in [3.8, 4) is 0 Å². The first-order chi connectivity index (χ1) is 11.2. The van der Waals surface area contributed by atoms with E-state index in [0.717, 1.165) is 16.6 Å². The van der Waals surface area contributed by atoms with E-state index >= 15 is 0 Å². The summed E-state index contributed by atoms with van der Waals surface area (Å²) in [6.45, 7) is 1.57. The van der Waals surface area contributed by atoms with Crippen molar-refractivity contribution in [2.75, 3.05) is 19.8 Å². The van der Waals surface area contributed by atoms with E-state index in [0.29, 0.717) is 19.1 Å². The topological polar surface area (TPSA) is 86.4 Å². The van der Waals surface area contributed by atoms with E-state index < -0.39 is 6.10 Å². The van der Waals surface area contributed by atoms with Gasteiger partial charge >= 0.3 is 6.03 Å². The molecule has 6 nitrogen and oxygen atoms in total. The van der Waals surface area contributed by atoms with Crippen LogP contribution < -0.4 is 10.6 Å². The number of aromatic amines is 1. The third-order valence-electron chi connectivity index (χ3n) is 3.88. The lowest BCUT2D eigenvalue weighted by atomic mass is 10.2. The molecule has 4 N–H and O–H groups in total. The summed E-state index contributed by atoms with van der Waals surface area (Å²) in [7, 11) is 0. The molecule has 0 radical (unpaired) electrons. The third kappa shape index (κ3) is 4.97. The molecule has 1 aromatic carbocycles. The number of aliphatic hydroxyl groups excluding tert-OH is 1. The van der Waals surface area contributed by atoms with Gasteiger partial charge in [-0.1, -0.05) is 18.2 Å².